The molecular formula is C28H33N2O2+. The van der Waals surface area contributed by atoms with Gasteiger partial charge in [0, 0.05) is 18.8 Å². The van der Waals surface area contributed by atoms with Gasteiger partial charge in [0.2, 0.25) is 5.91 Å². The number of nitrogens with two attached hydrogens (primary N) is 1. The lowest BCUT2D eigenvalue weighted by Crippen LogP contribution is -2.51. The van der Waals surface area contributed by atoms with E-state index in [1.54, 1.807) is 0 Å². The Hall–Kier alpha value is -3.11. The molecule has 2 N–H and O–H groups in total. The monoisotopic (exact) mass is 429 g/mol. The second-order valence-electron chi connectivity index (χ2n) is 9.15. The summed E-state index contributed by atoms with van der Waals surface area (Å²) in [6.45, 7) is 3.66. The van der Waals surface area contributed by atoms with Crippen molar-refractivity contribution in [1.29, 1.82) is 0 Å². The number of hydrogen-bond acceptors (Lipinski definition) is 2. The predicted molar refractivity (Wildman–Crippen MR) is 128 cm³/mol. The van der Waals surface area contributed by atoms with Crippen LogP contribution in [-0.4, -0.2) is 43.7 Å². The molecule has 1 heterocycles. The van der Waals surface area contributed by atoms with Crippen LogP contribution in [0.15, 0.2) is 91.0 Å². The molecule has 32 heavy (non-hydrogen) atoms. The SMILES string of the molecule is C[N+]1(CCCOc2ccccc2)CCC(C(C(N)=O)(c2ccccc2)c2ccccc2)C1. The topological polar surface area (TPSA) is 52.3 Å². The number of benzene rings is 3. The number of nitrogens with zero attached hydrogens (tertiary/aromatic N) is 1. The van der Waals surface area contributed by atoms with Gasteiger partial charge < -0.3 is 15.0 Å². The first-order valence-electron chi connectivity index (χ1n) is 11.5. The van der Waals surface area contributed by atoms with Crippen molar-refractivity contribution in [3.8, 4) is 5.75 Å². The smallest absolute Gasteiger partial charge is 0.233 e. The van der Waals surface area contributed by atoms with Crippen molar-refractivity contribution < 1.29 is 14.0 Å². The molecule has 3 aromatic carbocycles. The molecule has 166 valence electrons. The van der Waals surface area contributed by atoms with Crippen LogP contribution in [0, 0.1) is 5.92 Å². The van der Waals surface area contributed by atoms with Crippen LogP contribution >= 0.6 is 0 Å². The molecule has 4 rings (SSSR count). The van der Waals surface area contributed by atoms with E-state index in [1.165, 1.54) is 0 Å². The normalized spacial score (nSPS) is 20.7. The molecule has 1 aliphatic heterocycles. The number of para-hydroxylation sites is 1. The highest BCUT2D eigenvalue weighted by Gasteiger charge is 2.53. The number of carbonyl (C=O) groups is 1. The molecule has 2 unspecified atom stereocenters. The summed E-state index contributed by atoms with van der Waals surface area (Å²) in [6, 6.07) is 30.1. The van der Waals surface area contributed by atoms with Crippen LogP contribution in [0.4, 0.5) is 0 Å². The minimum absolute atomic E-state index is 0.143. The Balaban J connectivity index is 1.54. The van der Waals surface area contributed by atoms with Crippen LogP contribution in [0.1, 0.15) is 24.0 Å². The zero-order valence-electron chi connectivity index (χ0n) is 18.8. The number of carbonyl (C=O) groups excluding carboxylic acids is 1. The predicted octanol–water partition coefficient (Wildman–Crippen LogP) is 4.39. The van der Waals surface area contributed by atoms with Gasteiger partial charge in [0.1, 0.15) is 11.2 Å². The Morgan fingerprint density at radius 2 is 1.47 bits per heavy atom. The first kappa shape index (κ1) is 22.1. The summed E-state index contributed by atoms with van der Waals surface area (Å²) in [5, 5.41) is 0. The maximum atomic E-state index is 13.2. The highest BCUT2D eigenvalue weighted by atomic mass is 16.5. The summed E-state index contributed by atoms with van der Waals surface area (Å²) in [4.78, 5) is 13.2. The lowest BCUT2D eigenvalue weighted by molar-refractivity contribution is -0.899. The average Bonchev–Trinajstić information content (AvgIpc) is 3.21. The Morgan fingerprint density at radius 1 is 0.938 bits per heavy atom. The molecular weight excluding hydrogens is 396 g/mol. The summed E-state index contributed by atoms with van der Waals surface area (Å²) < 4.78 is 6.83. The van der Waals surface area contributed by atoms with Gasteiger partial charge in [-0.15, -0.1) is 0 Å². The highest BCUT2D eigenvalue weighted by molar-refractivity contribution is 5.91. The highest BCUT2D eigenvalue weighted by Crippen LogP contribution is 2.45. The van der Waals surface area contributed by atoms with E-state index in [-0.39, 0.29) is 11.8 Å². The van der Waals surface area contributed by atoms with E-state index in [0.29, 0.717) is 6.61 Å². The van der Waals surface area contributed by atoms with E-state index in [4.69, 9.17) is 10.5 Å². The van der Waals surface area contributed by atoms with Crippen LogP contribution in [-0.2, 0) is 10.2 Å². The van der Waals surface area contributed by atoms with Gasteiger partial charge in [0.15, 0.2) is 0 Å². The molecule has 3 aromatic rings. The summed E-state index contributed by atoms with van der Waals surface area (Å²) >= 11 is 0. The van der Waals surface area contributed by atoms with Gasteiger partial charge in [0.25, 0.3) is 0 Å². The fourth-order valence-electron chi connectivity index (χ4n) is 5.42. The largest absolute Gasteiger partial charge is 0.493 e. The van der Waals surface area contributed by atoms with E-state index in [0.717, 1.165) is 53.8 Å². The molecule has 0 bridgehead atoms. The molecule has 4 nitrogen and oxygen atoms in total. The second kappa shape index (κ2) is 9.58. The number of hydrogen-bond donors (Lipinski definition) is 1. The van der Waals surface area contributed by atoms with Gasteiger partial charge in [0.05, 0.1) is 33.3 Å². The molecule has 1 aliphatic rings. The third kappa shape index (κ3) is 4.42. The van der Waals surface area contributed by atoms with E-state index < -0.39 is 5.41 Å². The fraction of sp³-hybridized carbons (Fsp3) is 0.321. The van der Waals surface area contributed by atoms with E-state index in [9.17, 15) is 4.79 Å². The van der Waals surface area contributed by atoms with Gasteiger partial charge in [-0.3, -0.25) is 4.79 Å². The molecule has 0 spiro atoms. The molecule has 1 fully saturated rings. The average molecular weight is 430 g/mol. The van der Waals surface area contributed by atoms with Crippen LogP contribution < -0.4 is 10.5 Å². The maximum absolute atomic E-state index is 13.2. The van der Waals surface area contributed by atoms with Crippen molar-refractivity contribution in [2.24, 2.45) is 11.7 Å². The maximum Gasteiger partial charge on any atom is 0.233 e. The Morgan fingerprint density at radius 3 is 2.00 bits per heavy atom. The lowest BCUT2D eigenvalue weighted by atomic mass is 9.64. The van der Waals surface area contributed by atoms with E-state index >= 15 is 0 Å². The molecule has 0 radical (unpaired) electrons. The molecule has 0 aromatic heterocycles. The molecule has 4 heteroatoms. The first-order valence-corrected chi connectivity index (χ1v) is 11.5. The van der Waals surface area contributed by atoms with Crippen molar-refractivity contribution in [3.63, 3.8) is 0 Å². The fourth-order valence-corrected chi connectivity index (χ4v) is 5.42. The summed E-state index contributed by atoms with van der Waals surface area (Å²) in [5.41, 5.74) is 7.38. The number of primary amides is 1. The minimum atomic E-state index is -0.820. The van der Waals surface area contributed by atoms with Crippen LogP contribution in [0.5, 0.6) is 5.75 Å². The van der Waals surface area contributed by atoms with Gasteiger partial charge in [-0.2, -0.15) is 0 Å². The van der Waals surface area contributed by atoms with Gasteiger partial charge in [-0.1, -0.05) is 78.9 Å². The Labute approximate surface area is 191 Å². The standard InChI is InChI=1S/C28H32N2O2/c1-30(19-11-21-32-26-16-9-4-10-17-26)20-18-25(22-30)28(27(29)31,23-12-5-2-6-13-23)24-14-7-3-8-15-24/h2-10,12-17,25H,11,18-22H2,1H3,(H-,29,31)/p+1. The molecule has 0 saturated carbocycles. The van der Waals surface area contributed by atoms with Crippen molar-refractivity contribution >= 4 is 5.91 Å². The zero-order chi connectivity index (χ0) is 22.4. The number of rotatable bonds is 9. The van der Waals surface area contributed by atoms with Crippen LogP contribution in [0.25, 0.3) is 0 Å². The zero-order valence-corrected chi connectivity index (χ0v) is 18.8. The second-order valence-corrected chi connectivity index (χ2v) is 9.15. The van der Waals surface area contributed by atoms with Crippen molar-refractivity contribution in [3.05, 3.63) is 102 Å². The summed E-state index contributed by atoms with van der Waals surface area (Å²) in [7, 11) is 2.30. The Bertz CT molecular complexity index is 968. The lowest BCUT2D eigenvalue weighted by Gasteiger charge is -2.38. The van der Waals surface area contributed by atoms with Crippen molar-refractivity contribution in [1.82, 2.24) is 0 Å². The molecule has 1 saturated heterocycles. The van der Waals surface area contributed by atoms with Crippen molar-refractivity contribution in [2.75, 3.05) is 33.3 Å². The van der Waals surface area contributed by atoms with Crippen molar-refractivity contribution in [2.45, 2.75) is 18.3 Å². The quantitative estimate of drug-likeness (QED) is 0.405. The Kier molecular flexibility index (Phi) is 6.61. The summed E-state index contributed by atoms with van der Waals surface area (Å²) in [6.07, 6.45) is 1.93. The number of amides is 1. The third-order valence-corrected chi connectivity index (χ3v) is 6.99. The molecule has 2 atom stereocenters. The number of quaternary nitrogens is 1. The van der Waals surface area contributed by atoms with Crippen LogP contribution in [0.2, 0.25) is 0 Å². The number of likely N-dealkylation sites (tertiary alicyclic amines) is 1. The number of ether oxygens (including phenoxy) is 1. The van der Waals surface area contributed by atoms with Gasteiger partial charge >= 0.3 is 0 Å². The molecule has 1 amide bonds. The van der Waals surface area contributed by atoms with Gasteiger partial charge in [-0.25, -0.2) is 0 Å². The van der Waals surface area contributed by atoms with Gasteiger partial charge in [-0.05, 0) is 23.3 Å². The molecule has 0 aliphatic carbocycles. The van der Waals surface area contributed by atoms with E-state index in [1.807, 2.05) is 91.0 Å². The third-order valence-electron chi connectivity index (χ3n) is 6.99. The van der Waals surface area contributed by atoms with Crippen LogP contribution in [0.3, 0.4) is 0 Å². The first-order chi connectivity index (χ1) is 15.5. The minimum Gasteiger partial charge on any atom is -0.493 e. The van der Waals surface area contributed by atoms with E-state index in [2.05, 4.69) is 7.05 Å². The summed E-state index contributed by atoms with van der Waals surface area (Å²) in [5.74, 6) is 0.793.